The lowest BCUT2D eigenvalue weighted by molar-refractivity contribution is -0.143. The van der Waals surface area contributed by atoms with E-state index in [-0.39, 0.29) is 6.07 Å². The number of carbonyl (C=O) groups is 1. The quantitative estimate of drug-likeness (QED) is 0.426. The topological polar surface area (TPSA) is 20.3 Å². The van der Waals surface area contributed by atoms with Crippen LogP contribution < -0.4 is 4.90 Å². The van der Waals surface area contributed by atoms with Crippen LogP contribution in [-0.2, 0) is 17.1 Å². The summed E-state index contributed by atoms with van der Waals surface area (Å²) in [4.78, 5) is 14.2. The number of hydrogen-bond donors (Lipinski definition) is 0. The van der Waals surface area contributed by atoms with Crippen LogP contribution in [0.2, 0.25) is 0 Å². The predicted molar refractivity (Wildman–Crippen MR) is 105 cm³/mol. The highest BCUT2D eigenvalue weighted by atomic mass is 19.4. The van der Waals surface area contributed by atoms with Crippen molar-refractivity contribution in [3.63, 3.8) is 0 Å². The van der Waals surface area contributed by atoms with Gasteiger partial charge in [0.15, 0.2) is 0 Å². The van der Waals surface area contributed by atoms with Gasteiger partial charge in [-0.05, 0) is 29.3 Å². The van der Waals surface area contributed by atoms with E-state index in [1.165, 1.54) is 0 Å². The second-order valence-electron chi connectivity index (χ2n) is 6.92. The number of rotatable bonds is 4. The summed E-state index contributed by atoms with van der Waals surface area (Å²) in [5.41, 5.74) is -2.33. The van der Waals surface area contributed by atoms with Gasteiger partial charge in [0.05, 0.1) is 17.0 Å². The van der Waals surface area contributed by atoms with Crippen molar-refractivity contribution < 1.29 is 31.1 Å². The first-order valence-corrected chi connectivity index (χ1v) is 9.15. The predicted octanol–water partition coefficient (Wildman–Crippen LogP) is 6.52. The van der Waals surface area contributed by atoms with E-state index in [9.17, 15) is 31.1 Å². The summed E-state index contributed by atoms with van der Waals surface area (Å²) in [6.07, 6.45) is -10.0. The van der Waals surface area contributed by atoms with Crippen LogP contribution in [0.4, 0.5) is 32.0 Å². The molecule has 3 aromatic rings. The average Bonchev–Trinajstić information content (AvgIpc) is 2.73. The van der Waals surface area contributed by atoms with Gasteiger partial charge < -0.3 is 4.90 Å². The summed E-state index contributed by atoms with van der Waals surface area (Å²) < 4.78 is 79.3. The van der Waals surface area contributed by atoms with Gasteiger partial charge in [0.1, 0.15) is 0 Å². The van der Waals surface area contributed by atoms with Crippen LogP contribution in [-0.4, -0.2) is 13.0 Å². The Morgan fingerprint density at radius 1 is 0.710 bits per heavy atom. The molecule has 0 aliphatic rings. The first kappa shape index (κ1) is 22.4. The third kappa shape index (κ3) is 5.07. The Balaban J connectivity index is 2.10. The number of hydrogen-bond acceptors (Lipinski definition) is 1. The van der Waals surface area contributed by atoms with E-state index in [0.717, 1.165) is 11.9 Å². The Morgan fingerprint density at radius 2 is 1.10 bits per heavy atom. The normalized spacial score (nSPS) is 12.1. The van der Waals surface area contributed by atoms with Gasteiger partial charge >= 0.3 is 12.4 Å². The Bertz CT molecular complexity index is 973. The van der Waals surface area contributed by atoms with Crippen molar-refractivity contribution in [2.24, 2.45) is 0 Å². The average molecular weight is 437 g/mol. The van der Waals surface area contributed by atoms with Gasteiger partial charge in [-0.1, -0.05) is 60.7 Å². The monoisotopic (exact) mass is 437 g/mol. The second-order valence-corrected chi connectivity index (χ2v) is 6.92. The van der Waals surface area contributed by atoms with Crippen molar-refractivity contribution in [3.8, 4) is 0 Å². The third-order valence-corrected chi connectivity index (χ3v) is 4.80. The molecule has 0 spiro atoms. The number of alkyl halides is 6. The molecule has 0 saturated heterocycles. The van der Waals surface area contributed by atoms with Crippen LogP contribution in [0.5, 0.6) is 0 Å². The van der Waals surface area contributed by atoms with Crippen molar-refractivity contribution in [1.82, 2.24) is 0 Å². The molecule has 0 aliphatic carbocycles. The number of halogens is 6. The van der Waals surface area contributed by atoms with Crippen molar-refractivity contribution in [2.75, 3.05) is 11.9 Å². The van der Waals surface area contributed by atoms with Gasteiger partial charge in [-0.3, -0.25) is 4.79 Å². The van der Waals surface area contributed by atoms with E-state index in [0.29, 0.717) is 23.3 Å². The number of amides is 1. The standard InChI is InChI=1S/C23H17F6NO/c1-30(19-13-17(22(24,25)26)12-18(14-19)23(27,28)29)21(31)20(15-8-4-2-5-9-15)16-10-6-3-7-11-16/h2-14,20H,1H3. The molecule has 0 heterocycles. The van der Waals surface area contributed by atoms with Crippen LogP contribution in [0.1, 0.15) is 28.2 Å². The first-order valence-electron chi connectivity index (χ1n) is 9.15. The molecule has 31 heavy (non-hydrogen) atoms. The number of likely N-dealkylation sites (N-methyl/N-ethyl adjacent to an activating group) is 1. The Morgan fingerprint density at radius 3 is 1.45 bits per heavy atom. The zero-order chi connectivity index (χ0) is 22.8. The van der Waals surface area contributed by atoms with Gasteiger partial charge in [0, 0.05) is 12.7 Å². The molecule has 3 aromatic carbocycles. The molecule has 8 heteroatoms. The number of nitrogens with zero attached hydrogens (tertiary/aromatic N) is 1. The molecule has 0 aliphatic heterocycles. The number of carbonyl (C=O) groups excluding carboxylic acids is 1. The zero-order valence-electron chi connectivity index (χ0n) is 16.2. The summed E-state index contributed by atoms with van der Waals surface area (Å²) in [6, 6.07) is 18.1. The van der Waals surface area contributed by atoms with E-state index < -0.39 is 41.0 Å². The molecule has 0 unspecified atom stereocenters. The zero-order valence-corrected chi connectivity index (χ0v) is 16.2. The van der Waals surface area contributed by atoms with Gasteiger partial charge in [-0.25, -0.2) is 0 Å². The van der Waals surface area contributed by atoms with Gasteiger partial charge in [-0.2, -0.15) is 26.3 Å². The molecule has 162 valence electrons. The van der Waals surface area contributed by atoms with E-state index in [1.54, 1.807) is 60.7 Å². The summed E-state index contributed by atoms with van der Waals surface area (Å²) in [7, 11) is 1.16. The fraction of sp³-hybridized carbons (Fsp3) is 0.174. The van der Waals surface area contributed by atoms with Crippen LogP contribution in [0.3, 0.4) is 0 Å². The van der Waals surface area contributed by atoms with Crippen molar-refractivity contribution in [2.45, 2.75) is 18.3 Å². The molecule has 0 saturated carbocycles. The highest BCUT2D eigenvalue weighted by Gasteiger charge is 2.38. The molecule has 0 fully saturated rings. The van der Waals surface area contributed by atoms with Crippen LogP contribution in [0, 0.1) is 0 Å². The first-order chi connectivity index (χ1) is 14.5. The van der Waals surface area contributed by atoms with E-state index in [1.807, 2.05) is 0 Å². The van der Waals surface area contributed by atoms with Crippen molar-refractivity contribution in [1.29, 1.82) is 0 Å². The maximum absolute atomic E-state index is 13.3. The highest BCUT2D eigenvalue weighted by Crippen LogP contribution is 2.39. The Hall–Kier alpha value is -3.29. The lowest BCUT2D eigenvalue weighted by Crippen LogP contribution is -2.32. The summed E-state index contributed by atoms with van der Waals surface area (Å²) >= 11 is 0. The van der Waals surface area contributed by atoms with Crippen molar-refractivity contribution >= 4 is 11.6 Å². The molecule has 0 radical (unpaired) electrons. The third-order valence-electron chi connectivity index (χ3n) is 4.80. The van der Waals surface area contributed by atoms with Gasteiger partial charge in [0.25, 0.3) is 0 Å². The lowest BCUT2D eigenvalue weighted by atomic mass is 9.90. The summed E-state index contributed by atoms with van der Waals surface area (Å²) in [5.74, 6) is -1.57. The van der Waals surface area contributed by atoms with E-state index in [4.69, 9.17) is 0 Å². The minimum atomic E-state index is -5.00. The number of anilines is 1. The maximum Gasteiger partial charge on any atom is 0.416 e. The number of benzene rings is 3. The summed E-state index contributed by atoms with van der Waals surface area (Å²) in [6.45, 7) is 0. The molecular weight excluding hydrogens is 420 g/mol. The molecular formula is C23H17F6NO. The van der Waals surface area contributed by atoms with E-state index in [2.05, 4.69) is 0 Å². The SMILES string of the molecule is CN(C(=O)C(c1ccccc1)c1ccccc1)c1cc(C(F)(F)F)cc(C(F)(F)F)c1. The largest absolute Gasteiger partial charge is 0.416 e. The fourth-order valence-corrected chi connectivity index (χ4v) is 3.22. The van der Waals surface area contributed by atoms with Gasteiger partial charge in [0.2, 0.25) is 5.91 Å². The molecule has 0 aromatic heterocycles. The Labute approximate surface area is 174 Å². The minimum Gasteiger partial charge on any atom is -0.315 e. The van der Waals surface area contributed by atoms with Crippen LogP contribution >= 0.6 is 0 Å². The fourth-order valence-electron chi connectivity index (χ4n) is 3.22. The minimum absolute atomic E-state index is 0.0354. The van der Waals surface area contributed by atoms with E-state index >= 15 is 0 Å². The highest BCUT2D eigenvalue weighted by molar-refractivity contribution is 6.00. The second kappa shape index (κ2) is 8.45. The lowest BCUT2D eigenvalue weighted by Gasteiger charge is -2.26. The van der Waals surface area contributed by atoms with Gasteiger partial charge in [-0.15, -0.1) is 0 Å². The molecule has 0 atom stereocenters. The molecule has 0 bridgehead atoms. The Kier molecular flexibility index (Phi) is 6.10. The van der Waals surface area contributed by atoms with Crippen LogP contribution in [0.25, 0.3) is 0 Å². The summed E-state index contributed by atoms with van der Waals surface area (Å²) in [5, 5.41) is 0. The smallest absolute Gasteiger partial charge is 0.315 e. The van der Waals surface area contributed by atoms with Crippen molar-refractivity contribution in [3.05, 3.63) is 101 Å². The van der Waals surface area contributed by atoms with Crippen LogP contribution in [0.15, 0.2) is 78.9 Å². The molecule has 1 amide bonds. The molecule has 0 N–H and O–H groups in total. The maximum atomic E-state index is 13.3. The molecule has 2 nitrogen and oxygen atoms in total. The molecule has 3 rings (SSSR count).